The molecule has 0 spiro atoms. The van der Waals surface area contributed by atoms with Crippen LogP contribution < -0.4 is 15.1 Å². The van der Waals surface area contributed by atoms with Crippen LogP contribution in [-0.4, -0.2) is 12.7 Å². The Hall–Kier alpha value is -1.39. The van der Waals surface area contributed by atoms with Gasteiger partial charge in [-0.05, 0) is 12.1 Å². The van der Waals surface area contributed by atoms with Gasteiger partial charge < -0.3 is 13.9 Å². The standard InChI is InChI=1S/C12H8Cl2O4/c1-16-11-9-5(2-3-7(15)17-9)4-6-8(13)12(14)18-10(6)11/h2-4,8,12H,1H3/t8-,12+/m1/s1. The molecular formula is C12H8Cl2O4. The highest BCUT2D eigenvalue weighted by molar-refractivity contribution is 6.30. The van der Waals surface area contributed by atoms with Crippen LogP contribution in [-0.2, 0) is 0 Å². The van der Waals surface area contributed by atoms with Crippen LogP contribution in [0.5, 0.6) is 11.5 Å². The second-order valence-electron chi connectivity index (χ2n) is 3.87. The van der Waals surface area contributed by atoms with Crippen molar-refractivity contribution in [2.24, 2.45) is 0 Å². The SMILES string of the molecule is COc1c2c(cc3ccc(=O)oc13)[C@@H](Cl)[C@@H](Cl)O2. The third kappa shape index (κ3) is 1.56. The Balaban J connectivity index is 2.39. The average Bonchev–Trinajstić information content (AvgIpc) is 2.63. The van der Waals surface area contributed by atoms with E-state index in [4.69, 9.17) is 37.1 Å². The minimum absolute atomic E-state index is 0.332. The molecule has 2 atom stereocenters. The van der Waals surface area contributed by atoms with Crippen LogP contribution in [0, 0.1) is 0 Å². The summed E-state index contributed by atoms with van der Waals surface area (Å²) in [6, 6.07) is 4.77. The first-order chi connectivity index (χ1) is 8.61. The lowest BCUT2D eigenvalue weighted by molar-refractivity contribution is 0.292. The zero-order chi connectivity index (χ0) is 12.9. The van der Waals surface area contributed by atoms with Gasteiger partial charge in [0.05, 0.1) is 7.11 Å². The summed E-state index contributed by atoms with van der Waals surface area (Å²) >= 11 is 12.1. The highest BCUT2D eigenvalue weighted by Crippen LogP contribution is 2.50. The maximum absolute atomic E-state index is 11.3. The van der Waals surface area contributed by atoms with Gasteiger partial charge in [0.2, 0.25) is 5.75 Å². The van der Waals surface area contributed by atoms with Crippen molar-refractivity contribution in [2.75, 3.05) is 7.11 Å². The summed E-state index contributed by atoms with van der Waals surface area (Å²) in [5.41, 5.74) is -0.0593. The van der Waals surface area contributed by atoms with E-state index in [-0.39, 0.29) is 0 Å². The number of methoxy groups -OCH3 is 1. The molecule has 0 radical (unpaired) electrons. The molecule has 3 rings (SSSR count). The molecule has 0 bridgehead atoms. The molecule has 1 aromatic heterocycles. The number of hydrogen-bond acceptors (Lipinski definition) is 4. The normalized spacial score (nSPS) is 21.7. The Bertz CT molecular complexity index is 680. The highest BCUT2D eigenvalue weighted by atomic mass is 35.5. The number of fused-ring (bicyclic) bond motifs is 2. The lowest BCUT2D eigenvalue weighted by Crippen LogP contribution is -2.05. The van der Waals surface area contributed by atoms with E-state index in [1.165, 1.54) is 13.2 Å². The lowest BCUT2D eigenvalue weighted by atomic mass is 10.1. The van der Waals surface area contributed by atoms with Gasteiger partial charge in [-0.25, -0.2) is 4.79 Å². The quantitative estimate of drug-likeness (QED) is 0.597. The highest BCUT2D eigenvalue weighted by Gasteiger charge is 2.35. The lowest BCUT2D eigenvalue weighted by Gasteiger charge is -2.09. The fourth-order valence-corrected chi connectivity index (χ4v) is 2.45. The van der Waals surface area contributed by atoms with Crippen molar-refractivity contribution >= 4 is 34.2 Å². The zero-order valence-electron chi connectivity index (χ0n) is 9.28. The Kier molecular flexibility index (Phi) is 2.64. The van der Waals surface area contributed by atoms with E-state index in [0.717, 1.165) is 5.56 Å². The molecule has 6 heteroatoms. The third-order valence-electron chi connectivity index (χ3n) is 2.81. The average molecular weight is 287 g/mol. The molecule has 18 heavy (non-hydrogen) atoms. The smallest absolute Gasteiger partial charge is 0.336 e. The molecule has 0 saturated heterocycles. The third-order valence-corrected chi connectivity index (χ3v) is 3.75. The predicted octanol–water partition coefficient (Wildman–Crippen LogP) is 3.04. The largest absolute Gasteiger partial charge is 0.490 e. The molecule has 0 unspecified atom stereocenters. The summed E-state index contributed by atoms with van der Waals surface area (Å²) in [6.07, 6.45) is 0. The van der Waals surface area contributed by atoms with E-state index in [0.29, 0.717) is 22.5 Å². The number of ether oxygens (including phenoxy) is 2. The first-order valence-electron chi connectivity index (χ1n) is 5.21. The van der Waals surface area contributed by atoms with Crippen molar-refractivity contribution < 1.29 is 13.9 Å². The van der Waals surface area contributed by atoms with Crippen LogP contribution in [0.25, 0.3) is 11.0 Å². The summed E-state index contributed by atoms with van der Waals surface area (Å²) in [6.45, 7) is 0. The van der Waals surface area contributed by atoms with Crippen molar-refractivity contribution in [3.8, 4) is 11.5 Å². The van der Waals surface area contributed by atoms with Crippen molar-refractivity contribution in [3.05, 3.63) is 34.2 Å². The fourth-order valence-electron chi connectivity index (χ4n) is 2.01. The van der Waals surface area contributed by atoms with Crippen LogP contribution in [0.15, 0.2) is 27.4 Å². The number of halogens is 2. The summed E-state index contributed by atoms with van der Waals surface area (Å²) in [5, 5.41) is 0.247. The van der Waals surface area contributed by atoms with E-state index in [1.807, 2.05) is 0 Å². The molecule has 1 aromatic carbocycles. The first-order valence-corrected chi connectivity index (χ1v) is 6.08. The number of benzene rings is 1. The van der Waals surface area contributed by atoms with Gasteiger partial charge in [-0.2, -0.15) is 0 Å². The Labute approximate surface area is 112 Å². The Morgan fingerprint density at radius 2 is 2.11 bits per heavy atom. The Morgan fingerprint density at radius 1 is 1.33 bits per heavy atom. The number of rotatable bonds is 1. The second-order valence-corrected chi connectivity index (χ2v) is 4.77. The van der Waals surface area contributed by atoms with E-state index in [2.05, 4.69) is 0 Å². The van der Waals surface area contributed by atoms with Crippen molar-refractivity contribution in [1.82, 2.24) is 0 Å². The van der Waals surface area contributed by atoms with E-state index in [1.54, 1.807) is 12.1 Å². The summed E-state index contributed by atoms with van der Waals surface area (Å²) in [5.74, 6) is 0.772. The van der Waals surface area contributed by atoms with Crippen molar-refractivity contribution in [1.29, 1.82) is 0 Å². The van der Waals surface area contributed by atoms with Crippen molar-refractivity contribution in [2.45, 2.75) is 10.9 Å². The van der Waals surface area contributed by atoms with E-state index >= 15 is 0 Å². The summed E-state index contributed by atoms with van der Waals surface area (Å²) in [4.78, 5) is 11.3. The minimum atomic E-state index is -0.667. The van der Waals surface area contributed by atoms with E-state index in [9.17, 15) is 4.79 Å². The summed E-state index contributed by atoms with van der Waals surface area (Å²) < 4.78 is 15.8. The zero-order valence-corrected chi connectivity index (χ0v) is 10.8. The molecule has 1 aliphatic rings. The van der Waals surface area contributed by atoms with Gasteiger partial charge in [0.1, 0.15) is 5.38 Å². The molecule has 0 N–H and O–H groups in total. The van der Waals surface area contributed by atoms with Gasteiger partial charge in [0.15, 0.2) is 16.9 Å². The molecule has 0 amide bonds. The van der Waals surface area contributed by atoms with Gasteiger partial charge in [-0.15, -0.1) is 11.6 Å². The Morgan fingerprint density at radius 3 is 2.83 bits per heavy atom. The fraction of sp³-hybridized carbons (Fsp3) is 0.250. The maximum atomic E-state index is 11.3. The van der Waals surface area contributed by atoms with Gasteiger partial charge >= 0.3 is 5.63 Å². The van der Waals surface area contributed by atoms with Crippen LogP contribution in [0.1, 0.15) is 10.9 Å². The van der Waals surface area contributed by atoms with Gasteiger partial charge in [0, 0.05) is 17.0 Å². The van der Waals surface area contributed by atoms with Crippen LogP contribution in [0.2, 0.25) is 0 Å². The van der Waals surface area contributed by atoms with Crippen molar-refractivity contribution in [3.63, 3.8) is 0 Å². The predicted molar refractivity (Wildman–Crippen MR) is 67.9 cm³/mol. The number of alkyl halides is 2. The summed E-state index contributed by atoms with van der Waals surface area (Å²) in [7, 11) is 1.47. The monoisotopic (exact) mass is 286 g/mol. The van der Waals surface area contributed by atoms with Crippen LogP contribution >= 0.6 is 23.2 Å². The maximum Gasteiger partial charge on any atom is 0.336 e. The first kappa shape index (κ1) is 11.7. The van der Waals surface area contributed by atoms with Crippen LogP contribution in [0.4, 0.5) is 0 Å². The molecule has 2 aromatic rings. The van der Waals surface area contributed by atoms with Crippen LogP contribution in [0.3, 0.4) is 0 Å². The molecule has 2 heterocycles. The molecule has 1 aliphatic heterocycles. The molecule has 94 valence electrons. The number of hydrogen-bond donors (Lipinski definition) is 0. The molecule has 4 nitrogen and oxygen atoms in total. The van der Waals surface area contributed by atoms with Gasteiger partial charge in [-0.1, -0.05) is 11.6 Å². The topological polar surface area (TPSA) is 48.7 Å². The van der Waals surface area contributed by atoms with Gasteiger partial charge in [-0.3, -0.25) is 0 Å². The molecule has 0 fully saturated rings. The minimum Gasteiger partial charge on any atom is -0.490 e. The van der Waals surface area contributed by atoms with E-state index < -0.39 is 16.6 Å². The van der Waals surface area contributed by atoms with Gasteiger partial charge in [0.25, 0.3) is 0 Å². The molecule has 0 aliphatic carbocycles. The second kappa shape index (κ2) is 4.07. The molecular weight excluding hydrogens is 279 g/mol. The molecule has 0 saturated carbocycles.